The van der Waals surface area contributed by atoms with Crippen molar-refractivity contribution in [2.75, 3.05) is 0 Å². The number of nitrogens with one attached hydrogen (secondary N) is 1. The molecule has 2 aromatic rings. The van der Waals surface area contributed by atoms with Crippen LogP contribution in [0, 0.1) is 0 Å². The molecule has 8 nitrogen and oxygen atoms in total. The smallest absolute Gasteiger partial charge is 0.253 e. The molecule has 0 heterocycles. The second-order valence-electron chi connectivity index (χ2n) is 5.80. The van der Waals surface area contributed by atoms with Crippen molar-refractivity contribution in [3.05, 3.63) is 59.2 Å². The molecular weight excluding hydrogens is 338 g/mol. The number of benzene rings is 2. The van der Waals surface area contributed by atoms with Gasteiger partial charge in [0.05, 0.1) is 12.0 Å². The number of nitrogens with two attached hydrogens (primary N) is 2. The molecule has 2 atom stereocenters. The van der Waals surface area contributed by atoms with Crippen LogP contribution in [0.3, 0.4) is 0 Å². The number of hydroxylamine groups is 1. The fourth-order valence-electron chi connectivity index (χ4n) is 2.74. The summed E-state index contributed by atoms with van der Waals surface area (Å²) in [5.41, 5.74) is 14.0. The molecule has 0 saturated heterocycles. The van der Waals surface area contributed by atoms with Gasteiger partial charge in [0, 0.05) is 11.1 Å². The summed E-state index contributed by atoms with van der Waals surface area (Å²) in [7, 11) is 0. The summed E-state index contributed by atoms with van der Waals surface area (Å²) >= 11 is 0. The number of rotatable bonds is 6. The van der Waals surface area contributed by atoms with Crippen molar-refractivity contribution in [3.63, 3.8) is 0 Å². The van der Waals surface area contributed by atoms with Crippen molar-refractivity contribution < 1.29 is 24.7 Å². The fraction of sp³-hybridized carbons (Fsp3) is 0.167. The Morgan fingerprint density at radius 3 is 1.96 bits per heavy atom. The van der Waals surface area contributed by atoms with E-state index in [9.17, 15) is 19.5 Å². The molecule has 0 aromatic heterocycles. The summed E-state index contributed by atoms with van der Waals surface area (Å²) in [6.07, 6.45) is -1.16. The SMILES string of the molecule is C[C@@H](O)[C@@H](C(=O)NO)c1cc(C(N)=O)ccc1-c1ccc(C(N)=O)cc1. The van der Waals surface area contributed by atoms with Crippen LogP contribution in [0.5, 0.6) is 0 Å². The first-order chi connectivity index (χ1) is 12.3. The van der Waals surface area contributed by atoms with Gasteiger partial charge >= 0.3 is 0 Å². The highest BCUT2D eigenvalue weighted by atomic mass is 16.5. The van der Waals surface area contributed by atoms with Crippen LogP contribution >= 0.6 is 0 Å². The van der Waals surface area contributed by atoms with Gasteiger partial charge in [0.1, 0.15) is 0 Å². The van der Waals surface area contributed by atoms with Gasteiger partial charge in [-0.15, -0.1) is 0 Å². The number of aliphatic hydroxyl groups excluding tert-OH is 1. The van der Waals surface area contributed by atoms with Crippen LogP contribution in [-0.2, 0) is 4.79 Å². The Kier molecular flexibility index (Phi) is 5.71. The van der Waals surface area contributed by atoms with E-state index in [2.05, 4.69) is 0 Å². The zero-order chi connectivity index (χ0) is 19.4. The maximum absolute atomic E-state index is 12.1. The summed E-state index contributed by atoms with van der Waals surface area (Å²) in [6, 6.07) is 10.7. The van der Waals surface area contributed by atoms with E-state index < -0.39 is 29.7 Å². The number of hydrogen-bond donors (Lipinski definition) is 5. The number of primary amides is 2. The Morgan fingerprint density at radius 1 is 0.962 bits per heavy atom. The largest absolute Gasteiger partial charge is 0.392 e. The van der Waals surface area contributed by atoms with Gasteiger partial charge in [-0.1, -0.05) is 18.2 Å². The molecule has 136 valence electrons. The molecule has 0 radical (unpaired) electrons. The first-order valence-electron chi connectivity index (χ1n) is 7.72. The van der Waals surface area contributed by atoms with Gasteiger partial charge in [0.2, 0.25) is 11.8 Å². The summed E-state index contributed by atoms with van der Waals surface area (Å²) in [4.78, 5) is 34.8. The Balaban J connectivity index is 2.66. The molecular formula is C18H19N3O5. The van der Waals surface area contributed by atoms with E-state index in [0.29, 0.717) is 22.3 Å². The van der Waals surface area contributed by atoms with Crippen molar-refractivity contribution in [1.29, 1.82) is 0 Å². The highest BCUT2D eigenvalue weighted by molar-refractivity contribution is 5.96. The normalized spacial score (nSPS) is 12.9. The summed E-state index contributed by atoms with van der Waals surface area (Å²) in [5, 5.41) is 19.0. The summed E-state index contributed by atoms with van der Waals surface area (Å²) in [6.45, 7) is 1.39. The van der Waals surface area contributed by atoms with Gasteiger partial charge in [-0.05, 0) is 47.9 Å². The maximum Gasteiger partial charge on any atom is 0.253 e. The number of carbonyl (C=O) groups excluding carboxylic acids is 3. The lowest BCUT2D eigenvalue weighted by atomic mass is 9.85. The first kappa shape index (κ1) is 19.1. The molecule has 3 amide bonds. The number of hydrogen-bond acceptors (Lipinski definition) is 5. The second kappa shape index (κ2) is 7.77. The summed E-state index contributed by atoms with van der Waals surface area (Å²) < 4.78 is 0. The molecule has 0 bridgehead atoms. The van der Waals surface area contributed by atoms with Gasteiger partial charge in [0.15, 0.2) is 0 Å². The van der Waals surface area contributed by atoms with E-state index in [1.165, 1.54) is 36.7 Å². The standard InChI is InChI=1S/C18H19N3O5/c1-9(22)15(18(25)21-26)14-8-12(17(20)24)6-7-13(14)10-2-4-11(5-3-10)16(19)23/h2-9,15,22,26H,1H3,(H2,19,23)(H2,20,24)(H,21,25)/t9-,15-/m1/s1. The van der Waals surface area contributed by atoms with E-state index in [0.717, 1.165) is 0 Å². The highest BCUT2D eigenvalue weighted by Gasteiger charge is 2.29. The lowest BCUT2D eigenvalue weighted by Crippen LogP contribution is -2.33. The Labute approximate surface area is 149 Å². The Hall–Kier alpha value is -3.23. The van der Waals surface area contributed by atoms with Crippen molar-refractivity contribution >= 4 is 17.7 Å². The van der Waals surface area contributed by atoms with Gasteiger partial charge in [-0.3, -0.25) is 19.6 Å². The zero-order valence-corrected chi connectivity index (χ0v) is 14.0. The molecule has 0 aliphatic rings. The minimum atomic E-state index is -1.16. The average Bonchev–Trinajstić information content (AvgIpc) is 2.61. The van der Waals surface area contributed by atoms with E-state index in [-0.39, 0.29) is 5.56 Å². The number of amides is 3. The molecule has 0 spiro atoms. The molecule has 8 heteroatoms. The van der Waals surface area contributed by atoms with Crippen LogP contribution in [-0.4, -0.2) is 34.1 Å². The number of carbonyl (C=O) groups is 3. The summed E-state index contributed by atoms with van der Waals surface area (Å²) in [5.74, 6) is -3.26. The molecule has 0 unspecified atom stereocenters. The van der Waals surface area contributed by atoms with Crippen LogP contribution in [0.15, 0.2) is 42.5 Å². The first-order valence-corrected chi connectivity index (χ1v) is 7.72. The Bertz CT molecular complexity index is 846. The van der Waals surface area contributed by atoms with Crippen molar-refractivity contribution in [2.45, 2.75) is 18.9 Å². The molecule has 2 aromatic carbocycles. The molecule has 26 heavy (non-hydrogen) atoms. The quantitative estimate of drug-likeness (QED) is 0.376. The number of aliphatic hydroxyl groups is 1. The minimum Gasteiger partial charge on any atom is -0.392 e. The van der Waals surface area contributed by atoms with E-state index >= 15 is 0 Å². The van der Waals surface area contributed by atoms with Crippen LogP contribution in [0.25, 0.3) is 11.1 Å². The predicted octanol–water partition coefficient (Wildman–Crippen LogP) is 0.521. The predicted molar refractivity (Wildman–Crippen MR) is 93.3 cm³/mol. The topological polar surface area (TPSA) is 156 Å². The lowest BCUT2D eigenvalue weighted by molar-refractivity contribution is -0.133. The second-order valence-corrected chi connectivity index (χ2v) is 5.80. The lowest BCUT2D eigenvalue weighted by Gasteiger charge is -2.22. The molecule has 0 aliphatic heterocycles. The van der Waals surface area contributed by atoms with Crippen LogP contribution in [0.4, 0.5) is 0 Å². The highest BCUT2D eigenvalue weighted by Crippen LogP contribution is 2.32. The van der Waals surface area contributed by atoms with E-state index in [1.54, 1.807) is 18.2 Å². The van der Waals surface area contributed by atoms with Gasteiger partial charge in [-0.2, -0.15) is 0 Å². The minimum absolute atomic E-state index is 0.147. The van der Waals surface area contributed by atoms with Gasteiger partial charge in [-0.25, -0.2) is 5.48 Å². The van der Waals surface area contributed by atoms with Crippen molar-refractivity contribution in [3.8, 4) is 11.1 Å². The van der Waals surface area contributed by atoms with Crippen LogP contribution in [0.2, 0.25) is 0 Å². The van der Waals surface area contributed by atoms with Crippen molar-refractivity contribution in [1.82, 2.24) is 5.48 Å². The maximum atomic E-state index is 12.1. The van der Waals surface area contributed by atoms with Crippen LogP contribution < -0.4 is 16.9 Å². The fourth-order valence-corrected chi connectivity index (χ4v) is 2.74. The Morgan fingerprint density at radius 2 is 1.50 bits per heavy atom. The molecule has 2 rings (SSSR count). The van der Waals surface area contributed by atoms with Crippen molar-refractivity contribution in [2.24, 2.45) is 11.5 Å². The van der Waals surface area contributed by atoms with Gasteiger partial charge < -0.3 is 16.6 Å². The average molecular weight is 357 g/mol. The molecule has 0 saturated carbocycles. The third kappa shape index (κ3) is 3.88. The zero-order valence-electron chi connectivity index (χ0n) is 14.0. The molecule has 0 fully saturated rings. The van der Waals surface area contributed by atoms with Gasteiger partial charge in [0.25, 0.3) is 5.91 Å². The molecule has 7 N–H and O–H groups in total. The molecule has 0 aliphatic carbocycles. The van der Waals surface area contributed by atoms with E-state index in [1.807, 2.05) is 0 Å². The monoisotopic (exact) mass is 357 g/mol. The third-order valence-electron chi connectivity index (χ3n) is 4.03. The van der Waals surface area contributed by atoms with Crippen LogP contribution in [0.1, 0.15) is 39.1 Å². The third-order valence-corrected chi connectivity index (χ3v) is 4.03. The van der Waals surface area contributed by atoms with E-state index in [4.69, 9.17) is 16.7 Å².